The van der Waals surface area contributed by atoms with E-state index in [2.05, 4.69) is 21.2 Å². The number of amides is 2. The average Bonchev–Trinajstić information content (AvgIpc) is 2.90. The molecule has 0 aliphatic heterocycles. The number of sulfonamides is 1. The van der Waals surface area contributed by atoms with Crippen molar-refractivity contribution in [2.45, 2.75) is 24.4 Å². The van der Waals surface area contributed by atoms with Crippen LogP contribution in [0.15, 0.2) is 82.2 Å². The fraction of sp³-hybridized carbons (Fsp3) is 0.231. The third-order valence-electron chi connectivity index (χ3n) is 5.70. The smallest absolute Gasteiger partial charge is 0.264 e. The van der Waals surface area contributed by atoms with Gasteiger partial charge < -0.3 is 15.0 Å². The summed E-state index contributed by atoms with van der Waals surface area (Å²) < 4.78 is 34.4. The molecule has 0 spiro atoms. The van der Waals surface area contributed by atoms with Gasteiger partial charge in [0.1, 0.15) is 18.3 Å². The number of ether oxygens (including phenoxy) is 1. The predicted octanol–water partition coefficient (Wildman–Crippen LogP) is 4.47. The molecule has 3 rings (SSSR count). The van der Waals surface area contributed by atoms with E-state index in [4.69, 9.17) is 16.3 Å². The molecule has 11 heteroatoms. The number of benzene rings is 3. The van der Waals surface area contributed by atoms with Crippen molar-refractivity contribution in [1.82, 2.24) is 10.2 Å². The SMILES string of the molecule is CNC(=O)[C@@H](C)N(Cc1cccc(Br)c1)C(=O)CN(c1ccc(Cl)cc1)S(=O)(=O)c1ccc(OC)cc1. The van der Waals surface area contributed by atoms with E-state index in [-0.39, 0.29) is 23.0 Å². The molecule has 8 nitrogen and oxygen atoms in total. The zero-order valence-corrected chi connectivity index (χ0v) is 23.7. The van der Waals surface area contributed by atoms with Crippen molar-refractivity contribution in [3.05, 3.63) is 87.9 Å². The molecular weight excluding hydrogens is 582 g/mol. The van der Waals surface area contributed by atoms with Gasteiger partial charge in [0.25, 0.3) is 10.0 Å². The van der Waals surface area contributed by atoms with Gasteiger partial charge in [-0.25, -0.2) is 8.42 Å². The van der Waals surface area contributed by atoms with Crippen LogP contribution in [0, 0.1) is 0 Å². The monoisotopic (exact) mass is 607 g/mol. The van der Waals surface area contributed by atoms with Crippen LogP contribution in [-0.4, -0.2) is 51.9 Å². The van der Waals surface area contributed by atoms with Crippen LogP contribution in [0.1, 0.15) is 12.5 Å². The number of hydrogen-bond donors (Lipinski definition) is 1. The third kappa shape index (κ3) is 7.03. The van der Waals surface area contributed by atoms with E-state index < -0.39 is 28.5 Å². The summed E-state index contributed by atoms with van der Waals surface area (Å²) in [4.78, 5) is 27.6. The molecular formula is C26H27BrClN3O5S. The van der Waals surface area contributed by atoms with E-state index in [0.29, 0.717) is 10.8 Å². The second-order valence-corrected chi connectivity index (χ2v) is 11.3. The van der Waals surface area contributed by atoms with Crippen molar-refractivity contribution < 1.29 is 22.7 Å². The van der Waals surface area contributed by atoms with Crippen LogP contribution >= 0.6 is 27.5 Å². The maximum atomic E-state index is 13.7. The number of anilines is 1. The Labute approximate surface area is 230 Å². The summed E-state index contributed by atoms with van der Waals surface area (Å²) in [5.41, 5.74) is 1.03. The van der Waals surface area contributed by atoms with Gasteiger partial charge in [-0.3, -0.25) is 13.9 Å². The summed E-state index contributed by atoms with van der Waals surface area (Å²) in [6.45, 7) is 1.16. The molecule has 0 unspecified atom stereocenters. The Bertz CT molecular complexity index is 1350. The first-order valence-electron chi connectivity index (χ1n) is 11.2. The zero-order valence-electron chi connectivity index (χ0n) is 20.5. The van der Waals surface area contributed by atoms with Crippen LogP contribution in [0.3, 0.4) is 0 Å². The molecule has 0 saturated carbocycles. The van der Waals surface area contributed by atoms with Crippen molar-refractivity contribution >= 4 is 55.1 Å². The number of likely N-dealkylation sites (N-methyl/N-ethyl adjacent to an activating group) is 1. The molecule has 0 heterocycles. The van der Waals surface area contributed by atoms with Gasteiger partial charge in [-0.2, -0.15) is 0 Å². The zero-order chi connectivity index (χ0) is 27.2. The highest BCUT2D eigenvalue weighted by Crippen LogP contribution is 2.27. The van der Waals surface area contributed by atoms with Crippen molar-refractivity contribution in [2.75, 3.05) is 25.0 Å². The van der Waals surface area contributed by atoms with E-state index in [1.165, 1.54) is 55.5 Å². The van der Waals surface area contributed by atoms with Gasteiger partial charge in [-0.15, -0.1) is 0 Å². The maximum absolute atomic E-state index is 13.7. The number of methoxy groups -OCH3 is 1. The van der Waals surface area contributed by atoms with Gasteiger partial charge in [0.15, 0.2) is 0 Å². The normalized spacial score (nSPS) is 11.9. The number of nitrogens with zero attached hydrogens (tertiary/aromatic N) is 2. The van der Waals surface area contributed by atoms with Gasteiger partial charge >= 0.3 is 0 Å². The first-order valence-corrected chi connectivity index (χ1v) is 13.9. The molecule has 1 N–H and O–H groups in total. The Morgan fingerprint density at radius 3 is 2.27 bits per heavy atom. The van der Waals surface area contributed by atoms with E-state index in [1.807, 2.05) is 24.3 Å². The lowest BCUT2D eigenvalue weighted by Crippen LogP contribution is -2.50. The Hall–Kier alpha value is -3.08. The number of halogens is 2. The molecule has 2 amide bonds. The van der Waals surface area contributed by atoms with Crippen LogP contribution in [0.5, 0.6) is 5.75 Å². The fourth-order valence-corrected chi connectivity index (χ4v) is 5.62. The van der Waals surface area contributed by atoms with Crippen LogP contribution in [0.4, 0.5) is 5.69 Å². The molecule has 196 valence electrons. The average molecular weight is 609 g/mol. The molecule has 0 saturated heterocycles. The Balaban J connectivity index is 2.02. The Kier molecular flexibility index (Phi) is 9.58. The minimum atomic E-state index is -4.17. The molecule has 0 bridgehead atoms. The van der Waals surface area contributed by atoms with Gasteiger partial charge in [-0.05, 0) is 73.2 Å². The van der Waals surface area contributed by atoms with Crippen molar-refractivity contribution in [1.29, 1.82) is 0 Å². The molecule has 3 aromatic rings. The maximum Gasteiger partial charge on any atom is 0.264 e. The number of carbonyl (C=O) groups is 2. The summed E-state index contributed by atoms with van der Waals surface area (Å²) in [6.07, 6.45) is 0. The highest BCUT2D eigenvalue weighted by atomic mass is 79.9. The van der Waals surface area contributed by atoms with Gasteiger partial charge in [0.05, 0.1) is 17.7 Å². The summed E-state index contributed by atoms with van der Waals surface area (Å²) in [5, 5.41) is 2.97. The summed E-state index contributed by atoms with van der Waals surface area (Å²) in [5.74, 6) is -0.435. The number of nitrogens with one attached hydrogen (secondary N) is 1. The van der Waals surface area contributed by atoms with Gasteiger partial charge in [-0.1, -0.05) is 39.7 Å². The largest absolute Gasteiger partial charge is 0.497 e. The molecule has 3 aromatic carbocycles. The fourth-order valence-electron chi connectivity index (χ4n) is 3.63. The van der Waals surface area contributed by atoms with Crippen LogP contribution in [0.25, 0.3) is 0 Å². The highest BCUT2D eigenvalue weighted by Gasteiger charge is 2.32. The summed E-state index contributed by atoms with van der Waals surface area (Å²) >= 11 is 9.44. The summed E-state index contributed by atoms with van der Waals surface area (Å²) in [6, 6.07) is 18.5. The van der Waals surface area contributed by atoms with Crippen molar-refractivity contribution in [3.63, 3.8) is 0 Å². The van der Waals surface area contributed by atoms with Gasteiger partial charge in [0.2, 0.25) is 11.8 Å². The molecule has 0 aliphatic carbocycles. The molecule has 1 atom stereocenters. The number of hydrogen-bond acceptors (Lipinski definition) is 5. The van der Waals surface area contributed by atoms with E-state index >= 15 is 0 Å². The minimum absolute atomic E-state index is 0.0195. The van der Waals surface area contributed by atoms with Gasteiger partial charge in [0, 0.05) is 23.1 Å². The van der Waals surface area contributed by atoms with E-state index in [0.717, 1.165) is 14.3 Å². The predicted molar refractivity (Wildman–Crippen MR) is 147 cm³/mol. The molecule has 0 aromatic heterocycles. The van der Waals surface area contributed by atoms with Crippen LogP contribution in [0.2, 0.25) is 5.02 Å². The third-order valence-corrected chi connectivity index (χ3v) is 8.23. The quantitative estimate of drug-likeness (QED) is 0.367. The lowest BCUT2D eigenvalue weighted by atomic mass is 10.1. The molecule has 0 aliphatic rings. The number of carbonyl (C=O) groups excluding carboxylic acids is 2. The molecule has 0 fully saturated rings. The number of rotatable bonds is 10. The second-order valence-electron chi connectivity index (χ2n) is 8.11. The topological polar surface area (TPSA) is 96.0 Å². The molecule has 37 heavy (non-hydrogen) atoms. The standard InChI is InChI=1S/C26H27BrClN3O5S/c1-18(26(33)29-2)30(16-19-5-4-6-20(27)15-19)25(32)17-31(22-9-7-21(28)8-10-22)37(34,35)24-13-11-23(36-3)12-14-24/h4-15,18H,16-17H2,1-3H3,(H,29,33)/t18-/m1/s1. The summed E-state index contributed by atoms with van der Waals surface area (Å²) in [7, 11) is -1.21. The minimum Gasteiger partial charge on any atom is -0.497 e. The molecule has 0 radical (unpaired) electrons. The van der Waals surface area contributed by atoms with E-state index in [9.17, 15) is 18.0 Å². The lowest BCUT2D eigenvalue weighted by Gasteiger charge is -2.31. The first kappa shape index (κ1) is 28.5. The van der Waals surface area contributed by atoms with E-state index in [1.54, 1.807) is 19.1 Å². The van der Waals surface area contributed by atoms with Crippen LogP contribution in [-0.2, 0) is 26.2 Å². The van der Waals surface area contributed by atoms with Crippen LogP contribution < -0.4 is 14.4 Å². The Morgan fingerprint density at radius 2 is 1.70 bits per heavy atom. The van der Waals surface area contributed by atoms with Crippen molar-refractivity contribution in [3.8, 4) is 5.75 Å². The first-order chi connectivity index (χ1) is 17.6. The Morgan fingerprint density at radius 1 is 1.05 bits per heavy atom. The second kappa shape index (κ2) is 12.4. The van der Waals surface area contributed by atoms with Crippen molar-refractivity contribution in [2.24, 2.45) is 0 Å². The highest BCUT2D eigenvalue weighted by molar-refractivity contribution is 9.10. The lowest BCUT2D eigenvalue weighted by molar-refractivity contribution is -0.139.